The Bertz CT molecular complexity index is 487. The molecule has 3 amide bonds. The second kappa shape index (κ2) is 7.64. The quantitative estimate of drug-likeness (QED) is 0.640. The molecular weight excluding hydrogens is 268 g/mol. The van der Waals surface area contributed by atoms with Gasteiger partial charge in [-0.3, -0.25) is 4.79 Å². The van der Waals surface area contributed by atoms with E-state index in [0.29, 0.717) is 5.69 Å². The van der Waals surface area contributed by atoms with Crippen molar-refractivity contribution in [3.63, 3.8) is 0 Å². The van der Waals surface area contributed by atoms with Gasteiger partial charge in [-0.25, -0.2) is 4.79 Å². The van der Waals surface area contributed by atoms with E-state index >= 15 is 0 Å². The van der Waals surface area contributed by atoms with Crippen molar-refractivity contribution in [2.45, 2.75) is 39.3 Å². The van der Waals surface area contributed by atoms with Gasteiger partial charge in [0.2, 0.25) is 5.91 Å². The fraction of sp³-hybridized carbons (Fsp3) is 0.467. The Morgan fingerprint density at radius 2 is 1.76 bits per heavy atom. The van der Waals surface area contributed by atoms with Crippen LogP contribution in [0.5, 0.6) is 0 Å². The lowest BCUT2D eigenvalue weighted by Crippen LogP contribution is -2.45. The molecule has 3 atom stereocenters. The van der Waals surface area contributed by atoms with Crippen LogP contribution >= 0.6 is 0 Å². The fourth-order valence-corrected chi connectivity index (χ4v) is 1.90. The average molecular weight is 292 g/mol. The minimum Gasteiger partial charge on any atom is -0.351 e. The van der Waals surface area contributed by atoms with E-state index in [9.17, 15) is 9.59 Å². The van der Waals surface area contributed by atoms with Crippen molar-refractivity contribution in [1.29, 1.82) is 0 Å². The number of benzene rings is 1. The molecule has 0 fully saturated rings. The third-order valence-corrected chi connectivity index (χ3v) is 3.60. The van der Waals surface area contributed by atoms with Crippen LogP contribution in [0.2, 0.25) is 0 Å². The minimum atomic E-state index is -0.608. The highest BCUT2D eigenvalue weighted by molar-refractivity contribution is 5.87. The molecule has 21 heavy (non-hydrogen) atoms. The van der Waals surface area contributed by atoms with Crippen LogP contribution in [-0.4, -0.2) is 18.0 Å². The van der Waals surface area contributed by atoms with E-state index in [1.54, 1.807) is 12.1 Å². The Kier molecular flexibility index (Phi) is 6.17. The summed E-state index contributed by atoms with van der Waals surface area (Å²) in [6.07, 6.45) is 0.858. The molecule has 6 N–H and O–H groups in total. The third kappa shape index (κ3) is 5.07. The molecule has 0 saturated carbocycles. The van der Waals surface area contributed by atoms with Gasteiger partial charge in [-0.05, 0) is 30.5 Å². The predicted octanol–water partition coefficient (Wildman–Crippen LogP) is 1.73. The zero-order valence-electron chi connectivity index (χ0n) is 12.7. The highest BCUT2D eigenvalue weighted by Crippen LogP contribution is 2.16. The van der Waals surface area contributed by atoms with Crippen molar-refractivity contribution in [2.24, 2.45) is 17.4 Å². The number of nitrogens with one attached hydrogen (secondary N) is 2. The summed E-state index contributed by atoms with van der Waals surface area (Å²) in [5.41, 5.74) is 12.5. The standard InChI is InChI=1S/C15H24N4O2/c1-4-9(2)13(16)14(20)18-10(3)11-5-7-12(8-6-11)19-15(17)21/h5-10,13H,4,16H2,1-3H3,(H,18,20)(H3,17,19,21)/t9?,10?,13-/m0/s1. The van der Waals surface area contributed by atoms with Gasteiger partial charge < -0.3 is 22.1 Å². The van der Waals surface area contributed by atoms with E-state index in [1.807, 2.05) is 32.9 Å². The molecule has 0 spiro atoms. The van der Waals surface area contributed by atoms with Gasteiger partial charge in [0.1, 0.15) is 0 Å². The highest BCUT2D eigenvalue weighted by Gasteiger charge is 2.21. The van der Waals surface area contributed by atoms with Crippen LogP contribution in [0.15, 0.2) is 24.3 Å². The maximum absolute atomic E-state index is 12.0. The zero-order chi connectivity index (χ0) is 16.0. The summed E-state index contributed by atoms with van der Waals surface area (Å²) in [4.78, 5) is 22.8. The molecule has 0 heterocycles. The second-order valence-electron chi connectivity index (χ2n) is 5.25. The van der Waals surface area contributed by atoms with Gasteiger partial charge in [-0.15, -0.1) is 0 Å². The predicted molar refractivity (Wildman–Crippen MR) is 83.6 cm³/mol. The van der Waals surface area contributed by atoms with Crippen LogP contribution in [0, 0.1) is 5.92 Å². The van der Waals surface area contributed by atoms with Crippen LogP contribution in [0.3, 0.4) is 0 Å². The maximum Gasteiger partial charge on any atom is 0.316 e. The molecule has 0 radical (unpaired) electrons. The fourth-order valence-electron chi connectivity index (χ4n) is 1.90. The van der Waals surface area contributed by atoms with Crippen LogP contribution in [0.25, 0.3) is 0 Å². The SMILES string of the molecule is CCC(C)[C@H](N)C(=O)NC(C)c1ccc(NC(N)=O)cc1. The van der Waals surface area contributed by atoms with Crippen molar-refractivity contribution in [1.82, 2.24) is 5.32 Å². The summed E-state index contributed by atoms with van der Waals surface area (Å²) >= 11 is 0. The van der Waals surface area contributed by atoms with Crippen molar-refractivity contribution in [3.8, 4) is 0 Å². The molecule has 0 saturated heterocycles. The number of urea groups is 1. The number of hydrogen-bond acceptors (Lipinski definition) is 3. The van der Waals surface area contributed by atoms with Crippen LogP contribution in [-0.2, 0) is 4.79 Å². The number of nitrogens with two attached hydrogens (primary N) is 2. The van der Waals surface area contributed by atoms with Gasteiger partial charge in [-0.1, -0.05) is 32.4 Å². The smallest absolute Gasteiger partial charge is 0.316 e. The molecule has 6 nitrogen and oxygen atoms in total. The molecule has 6 heteroatoms. The molecule has 0 bridgehead atoms. The lowest BCUT2D eigenvalue weighted by atomic mass is 9.98. The Labute approximate surface area is 125 Å². The maximum atomic E-state index is 12.0. The molecule has 0 aliphatic rings. The van der Waals surface area contributed by atoms with Gasteiger partial charge in [0.15, 0.2) is 0 Å². The number of amides is 3. The van der Waals surface area contributed by atoms with Gasteiger partial charge in [0, 0.05) is 5.69 Å². The van der Waals surface area contributed by atoms with Crippen LogP contribution in [0.4, 0.5) is 10.5 Å². The average Bonchev–Trinajstić information content (AvgIpc) is 2.45. The number of anilines is 1. The normalized spacial score (nSPS) is 14.9. The first-order chi connectivity index (χ1) is 9.85. The van der Waals surface area contributed by atoms with E-state index in [-0.39, 0.29) is 17.9 Å². The third-order valence-electron chi connectivity index (χ3n) is 3.60. The first-order valence-electron chi connectivity index (χ1n) is 7.07. The number of rotatable bonds is 6. The van der Waals surface area contributed by atoms with Crippen molar-refractivity contribution in [2.75, 3.05) is 5.32 Å². The largest absolute Gasteiger partial charge is 0.351 e. The number of hydrogen-bond donors (Lipinski definition) is 4. The molecule has 0 aromatic heterocycles. The first kappa shape index (κ1) is 17.0. The van der Waals surface area contributed by atoms with Crippen molar-refractivity contribution in [3.05, 3.63) is 29.8 Å². The van der Waals surface area contributed by atoms with E-state index in [0.717, 1.165) is 12.0 Å². The topological polar surface area (TPSA) is 110 Å². The van der Waals surface area contributed by atoms with E-state index in [4.69, 9.17) is 11.5 Å². The van der Waals surface area contributed by atoms with Gasteiger partial charge >= 0.3 is 6.03 Å². The summed E-state index contributed by atoms with van der Waals surface area (Å²) in [7, 11) is 0. The number of primary amides is 1. The second-order valence-corrected chi connectivity index (χ2v) is 5.25. The van der Waals surface area contributed by atoms with Crippen LogP contribution in [0.1, 0.15) is 38.8 Å². The summed E-state index contributed by atoms with van der Waals surface area (Å²) in [5.74, 6) is -0.0180. The van der Waals surface area contributed by atoms with Gasteiger partial charge in [0.05, 0.1) is 12.1 Å². The molecule has 0 aliphatic carbocycles. The van der Waals surface area contributed by atoms with Crippen molar-refractivity contribution < 1.29 is 9.59 Å². The summed E-state index contributed by atoms with van der Waals surface area (Å²) in [6, 6.07) is 5.84. The lowest BCUT2D eigenvalue weighted by Gasteiger charge is -2.21. The summed E-state index contributed by atoms with van der Waals surface area (Å²) < 4.78 is 0. The lowest BCUT2D eigenvalue weighted by molar-refractivity contribution is -0.124. The molecule has 1 aromatic rings. The molecular formula is C15H24N4O2. The van der Waals surface area contributed by atoms with Crippen LogP contribution < -0.4 is 22.1 Å². The molecule has 1 aromatic carbocycles. The highest BCUT2D eigenvalue weighted by atomic mass is 16.2. The minimum absolute atomic E-state index is 0.138. The Morgan fingerprint density at radius 3 is 2.24 bits per heavy atom. The Hall–Kier alpha value is -2.08. The Morgan fingerprint density at radius 1 is 1.19 bits per heavy atom. The monoisotopic (exact) mass is 292 g/mol. The first-order valence-corrected chi connectivity index (χ1v) is 7.07. The van der Waals surface area contributed by atoms with Gasteiger partial charge in [-0.2, -0.15) is 0 Å². The van der Waals surface area contributed by atoms with E-state index in [1.165, 1.54) is 0 Å². The zero-order valence-corrected chi connectivity index (χ0v) is 12.7. The summed E-state index contributed by atoms with van der Waals surface area (Å²) in [6.45, 7) is 5.85. The molecule has 1 rings (SSSR count). The van der Waals surface area contributed by atoms with E-state index < -0.39 is 12.1 Å². The van der Waals surface area contributed by atoms with E-state index in [2.05, 4.69) is 10.6 Å². The summed E-state index contributed by atoms with van der Waals surface area (Å²) in [5, 5.41) is 5.38. The van der Waals surface area contributed by atoms with Gasteiger partial charge in [0.25, 0.3) is 0 Å². The Balaban J connectivity index is 2.65. The number of carbonyl (C=O) groups excluding carboxylic acids is 2. The molecule has 2 unspecified atom stereocenters. The number of carbonyl (C=O) groups is 2. The van der Waals surface area contributed by atoms with Crippen molar-refractivity contribution >= 4 is 17.6 Å². The molecule has 0 aliphatic heterocycles. The molecule has 116 valence electrons.